The molecule has 1 rings (SSSR count). The Balaban J connectivity index is 0.00000576. The number of ether oxygens (including phenoxy) is 1. The van der Waals surface area contributed by atoms with Gasteiger partial charge in [0.05, 0.1) is 18.8 Å². The molecule has 0 amide bonds. The summed E-state index contributed by atoms with van der Waals surface area (Å²) in [7, 11) is 0. The lowest BCUT2D eigenvalue weighted by Gasteiger charge is -2.14. The maximum atomic E-state index is 10.3. The molecule has 8 heteroatoms. The zero-order valence-electron chi connectivity index (χ0n) is 14.9. The molecule has 0 spiro atoms. The number of benzene rings is 1. The number of guanidine groups is 1. The fourth-order valence-electron chi connectivity index (χ4n) is 1.99. The van der Waals surface area contributed by atoms with E-state index in [4.69, 9.17) is 27.9 Å². The van der Waals surface area contributed by atoms with E-state index in [1.54, 1.807) is 18.2 Å². The van der Waals surface area contributed by atoms with Gasteiger partial charge in [-0.2, -0.15) is 0 Å². The molecule has 0 radical (unpaired) electrons. The first kappa shape index (κ1) is 24.7. The molecule has 0 aromatic heterocycles. The van der Waals surface area contributed by atoms with Gasteiger partial charge in [0.15, 0.2) is 5.96 Å². The summed E-state index contributed by atoms with van der Waals surface area (Å²) in [6.45, 7) is 8.43. The van der Waals surface area contributed by atoms with Crippen molar-refractivity contribution in [2.24, 2.45) is 4.99 Å². The smallest absolute Gasteiger partial charge is 0.191 e. The van der Waals surface area contributed by atoms with Gasteiger partial charge >= 0.3 is 0 Å². The zero-order chi connectivity index (χ0) is 17.9. The second-order valence-corrected chi connectivity index (χ2v) is 6.51. The summed E-state index contributed by atoms with van der Waals surface area (Å²) in [5.74, 6) is 0.661. The molecule has 0 heterocycles. The topological polar surface area (TPSA) is 65.9 Å². The van der Waals surface area contributed by atoms with Crippen LogP contribution in [0.2, 0.25) is 10.0 Å². The number of nitrogens with zero attached hydrogens (tertiary/aromatic N) is 1. The molecule has 25 heavy (non-hydrogen) atoms. The summed E-state index contributed by atoms with van der Waals surface area (Å²) >= 11 is 11.9. The van der Waals surface area contributed by atoms with E-state index in [1.165, 1.54) is 0 Å². The Hall–Kier alpha value is -0.280. The van der Waals surface area contributed by atoms with Crippen LogP contribution in [-0.4, -0.2) is 43.4 Å². The molecule has 0 aliphatic rings. The van der Waals surface area contributed by atoms with E-state index in [-0.39, 0.29) is 36.6 Å². The number of aliphatic imine (C=N–C) groups is 1. The predicted octanol–water partition coefficient (Wildman–Crippen LogP) is 4.02. The number of aliphatic hydroxyl groups excluding tert-OH is 1. The van der Waals surface area contributed by atoms with Gasteiger partial charge < -0.3 is 20.5 Å². The van der Waals surface area contributed by atoms with Crippen molar-refractivity contribution in [3.8, 4) is 0 Å². The van der Waals surface area contributed by atoms with Crippen molar-refractivity contribution in [2.45, 2.75) is 39.4 Å². The molecule has 1 aromatic rings. The third kappa shape index (κ3) is 11.1. The number of aliphatic hydroxyl groups is 1. The van der Waals surface area contributed by atoms with Crippen LogP contribution in [0.25, 0.3) is 0 Å². The number of hydrogen-bond acceptors (Lipinski definition) is 3. The molecule has 0 saturated carbocycles. The fourth-order valence-corrected chi connectivity index (χ4v) is 2.53. The van der Waals surface area contributed by atoms with Crippen molar-refractivity contribution in [3.63, 3.8) is 0 Å². The van der Waals surface area contributed by atoms with Crippen LogP contribution >= 0.6 is 47.2 Å². The maximum Gasteiger partial charge on any atom is 0.191 e. The predicted molar refractivity (Wildman–Crippen MR) is 117 cm³/mol. The summed E-state index contributed by atoms with van der Waals surface area (Å²) in [4.78, 5) is 4.40. The minimum atomic E-state index is -0.763. The summed E-state index contributed by atoms with van der Waals surface area (Å²) in [5, 5.41) is 17.6. The molecule has 0 fully saturated rings. The van der Waals surface area contributed by atoms with Crippen LogP contribution in [0.3, 0.4) is 0 Å². The molecule has 1 atom stereocenters. The second kappa shape index (κ2) is 13.9. The van der Waals surface area contributed by atoms with Crippen LogP contribution in [0.4, 0.5) is 0 Å². The highest BCUT2D eigenvalue weighted by atomic mass is 127. The molecule has 0 aliphatic carbocycles. The molecule has 0 aliphatic heterocycles. The second-order valence-electron chi connectivity index (χ2n) is 5.64. The van der Waals surface area contributed by atoms with Crippen molar-refractivity contribution >= 4 is 53.1 Å². The lowest BCUT2D eigenvalue weighted by molar-refractivity contribution is 0.0776. The Morgan fingerprint density at radius 2 is 1.84 bits per heavy atom. The average molecular weight is 504 g/mol. The first-order valence-corrected chi connectivity index (χ1v) is 8.95. The van der Waals surface area contributed by atoms with E-state index in [0.717, 1.165) is 19.5 Å². The summed E-state index contributed by atoms with van der Waals surface area (Å²) < 4.78 is 5.50. The first-order valence-electron chi connectivity index (χ1n) is 8.20. The van der Waals surface area contributed by atoms with Gasteiger partial charge in [0, 0.05) is 29.7 Å². The van der Waals surface area contributed by atoms with Crippen molar-refractivity contribution in [1.29, 1.82) is 0 Å². The third-order valence-corrected chi connectivity index (χ3v) is 3.54. The SMILES string of the molecule is CCNC(=NCC(O)c1cc(Cl)cc(Cl)c1)NCCCOC(C)C.I. The van der Waals surface area contributed by atoms with Gasteiger partial charge in [-0.3, -0.25) is 4.99 Å². The third-order valence-electron chi connectivity index (χ3n) is 3.10. The van der Waals surface area contributed by atoms with E-state index in [9.17, 15) is 5.11 Å². The van der Waals surface area contributed by atoms with Gasteiger partial charge in [0.25, 0.3) is 0 Å². The van der Waals surface area contributed by atoms with Crippen LogP contribution in [0.15, 0.2) is 23.2 Å². The summed E-state index contributed by atoms with van der Waals surface area (Å²) in [5.41, 5.74) is 0.650. The van der Waals surface area contributed by atoms with E-state index < -0.39 is 6.10 Å². The highest BCUT2D eigenvalue weighted by Crippen LogP contribution is 2.23. The van der Waals surface area contributed by atoms with E-state index in [2.05, 4.69) is 15.6 Å². The molecule has 0 saturated heterocycles. The Morgan fingerprint density at radius 3 is 2.40 bits per heavy atom. The molecule has 0 bridgehead atoms. The highest BCUT2D eigenvalue weighted by molar-refractivity contribution is 14.0. The largest absolute Gasteiger partial charge is 0.386 e. The normalized spacial score (nSPS) is 12.7. The Kier molecular flexibility index (Phi) is 13.7. The molecule has 144 valence electrons. The van der Waals surface area contributed by atoms with Crippen molar-refractivity contribution in [3.05, 3.63) is 33.8 Å². The van der Waals surface area contributed by atoms with Gasteiger partial charge in [-0.15, -0.1) is 24.0 Å². The molecular weight excluding hydrogens is 476 g/mol. The van der Waals surface area contributed by atoms with E-state index in [1.807, 2.05) is 20.8 Å². The first-order chi connectivity index (χ1) is 11.4. The summed E-state index contributed by atoms with van der Waals surface area (Å²) in [6.07, 6.45) is 0.363. The average Bonchev–Trinajstić information content (AvgIpc) is 2.50. The molecule has 5 nitrogen and oxygen atoms in total. The Labute approximate surface area is 177 Å². The zero-order valence-corrected chi connectivity index (χ0v) is 18.7. The van der Waals surface area contributed by atoms with Gasteiger partial charge in [-0.1, -0.05) is 23.2 Å². The van der Waals surface area contributed by atoms with Crippen LogP contribution in [0.5, 0.6) is 0 Å². The Bertz CT molecular complexity index is 510. The van der Waals surface area contributed by atoms with E-state index in [0.29, 0.717) is 28.2 Å². The minimum Gasteiger partial charge on any atom is -0.386 e. The standard InChI is InChI=1S/C17H27Cl2N3O2.HI/c1-4-20-17(21-6-5-7-24-12(2)3)22-11-16(23)13-8-14(18)10-15(19)9-13;/h8-10,12,16,23H,4-7,11H2,1-3H3,(H2,20,21,22);1H. The van der Waals surface area contributed by atoms with Crippen molar-refractivity contribution in [2.75, 3.05) is 26.2 Å². The fraction of sp³-hybridized carbons (Fsp3) is 0.588. The monoisotopic (exact) mass is 503 g/mol. The molecule has 1 aromatic carbocycles. The Morgan fingerprint density at radius 1 is 1.20 bits per heavy atom. The van der Waals surface area contributed by atoms with Gasteiger partial charge in [0.1, 0.15) is 0 Å². The van der Waals surface area contributed by atoms with Crippen LogP contribution in [0, 0.1) is 0 Å². The summed E-state index contributed by atoms with van der Waals surface area (Å²) in [6, 6.07) is 5.02. The molecule has 1 unspecified atom stereocenters. The number of halogens is 3. The number of hydrogen-bond donors (Lipinski definition) is 3. The maximum absolute atomic E-state index is 10.3. The number of nitrogens with one attached hydrogen (secondary N) is 2. The van der Waals surface area contributed by atoms with Gasteiger partial charge in [-0.05, 0) is 51.0 Å². The van der Waals surface area contributed by atoms with Gasteiger partial charge in [-0.25, -0.2) is 0 Å². The quantitative estimate of drug-likeness (QED) is 0.206. The lowest BCUT2D eigenvalue weighted by atomic mass is 10.1. The molecular formula is C17H28Cl2IN3O2. The molecule has 3 N–H and O–H groups in total. The van der Waals surface area contributed by atoms with Crippen LogP contribution < -0.4 is 10.6 Å². The van der Waals surface area contributed by atoms with Crippen molar-refractivity contribution < 1.29 is 9.84 Å². The van der Waals surface area contributed by atoms with Gasteiger partial charge in [0.2, 0.25) is 0 Å². The lowest BCUT2D eigenvalue weighted by Crippen LogP contribution is -2.38. The minimum absolute atomic E-state index is 0. The van der Waals surface area contributed by atoms with E-state index >= 15 is 0 Å². The highest BCUT2D eigenvalue weighted by Gasteiger charge is 2.09. The van der Waals surface area contributed by atoms with Crippen LogP contribution in [0.1, 0.15) is 38.9 Å². The van der Waals surface area contributed by atoms with Crippen LogP contribution in [-0.2, 0) is 4.74 Å². The van der Waals surface area contributed by atoms with Crippen molar-refractivity contribution in [1.82, 2.24) is 10.6 Å². The number of rotatable bonds is 9.